The van der Waals surface area contributed by atoms with Crippen molar-refractivity contribution in [1.29, 1.82) is 0 Å². The highest BCUT2D eigenvalue weighted by atomic mass is 16.4. The van der Waals surface area contributed by atoms with Gasteiger partial charge in [0.1, 0.15) is 5.92 Å². The number of hydrogen-bond donors (Lipinski definition) is 2. The molecule has 0 aromatic carbocycles. The fourth-order valence-corrected chi connectivity index (χ4v) is 1.88. The van der Waals surface area contributed by atoms with Gasteiger partial charge in [-0.05, 0) is 18.8 Å². The summed E-state index contributed by atoms with van der Waals surface area (Å²) in [6, 6.07) is 0. The third-order valence-electron chi connectivity index (χ3n) is 2.67. The Kier molecular flexibility index (Phi) is 7.34. The van der Waals surface area contributed by atoms with E-state index in [4.69, 9.17) is 10.9 Å². The molecule has 3 N–H and O–H groups in total. The van der Waals surface area contributed by atoms with Crippen LogP contribution in [0.4, 0.5) is 0 Å². The molecule has 0 aliphatic heterocycles. The highest BCUT2D eigenvalue weighted by Crippen LogP contribution is 2.15. The van der Waals surface area contributed by atoms with E-state index in [0.29, 0.717) is 13.1 Å². The Morgan fingerprint density at radius 1 is 1.29 bits per heavy atom. The van der Waals surface area contributed by atoms with Crippen molar-refractivity contribution in [1.82, 2.24) is 4.90 Å². The van der Waals surface area contributed by atoms with Gasteiger partial charge in [0.15, 0.2) is 5.84 Å². The van der Waals surface area contributed by atoms with Crippen LogP contribution in [0.25, 0.3) is 0 Å². The zero-order valence-corrected chi connectivity index (χ0v) is 11.3. The number of carbonyl (C=O) groups excluding carboxylic acids is 1. The Labute approximate surface area is 104 Å². The molecule has 1 atom stereocenters. The largest absolute Gasteiger partial charge is 0.409 e. The van der Waals surface area contributed by atoms with Crippen molar-refractivity contribution >= 4 is 11.7 Å². The predicted octanol–water partition coefficient (Wildman–Crippen LogP) is 1.65. The summed E-state index contributed by atoms with van der Waals surface area (Å²) in [5.41, 5.74) is 5.60. The highest BCUT2D eigenvalue weighted by Gasteiger charge is 2.30. The number of hydrogen-bond acceptors (Lipinski definition) is 3. The average molecular weight is 243 g/mol. The first kappa shape index (κ1) is 15.7. The van der Waals surface area contributed by atoms with Gasteiger partial charge in [-0.3, -0.25) is 4.79 Å². The van der Waals surface area contributed by atoms with Crippen LogP contribution in [-0.4, -0.2) is 34.9 Å². The van der Waals surface area contributed by atoms with Crippen molar-refractivity contribution in [3.63, 3.8) is 0 Å². The van der Waals surface area contributed by atoms with E-state index in [1.165, 1.54) is 0 Å². The number of amidine groups is 1. The smallest absolute Gasteiger partial charge is 0.233 e. The van der Waals surface area contributed by atoms with Crippen LogP contribution >= 0.6 is 0 Å². The number of nitrogens with zero attached hydrogens (tertiary/aromatic N) is 2. The molecule has 0 bridgehead atoms. The van der Waals surface area contributed by atoms with Gasteiger partial charge in [-0.2, -0.15) is 0 Å². The standard InChI is InChI=1S/C12H25N3O2/c1-5-7-15(8-6-2)12(16)10(9(3)4)11(13)14-17/h9-10,17H,5-8H2,1-4H3,(H2,13,14). The van der Waals surface area contributed by atoms with Crippen LogP contribution in [0, 0.1) is 11.8 Å². The lowest BCUT2D eigenvalue weighted by atomic mass is 9.93. The predicted molar refractivity (Wildman–Crippen MR) is 68.9 cm³/mol. The summed E-state index contributed by atoms with van der Waals surface area (Å²) in [6.45, 7) is 9.30. The van der Waals surface area contributed by atoms with Crippen molar-refractivity contribution in [2.45, 2.75) is 40.5 Å². The number of oxime groups is 1. The van der Waals surface area contributed by atoms with Gasteiger partial charge >= 0.3 is 0 Å². The molecule has 0 fully saturated rings. The molecule has 0 aromatic heterocycles. The van der Waals surface area contributed by atoms with Gasteiger partial charge in [-0.15, -0.1) is 0 Å². The number of nitrogens with two attached hydrogens (primary N) is 1. The molecule has 0 saturated carbocycles. The molecular weight excluding hydrogens is 218 g/mol. The van der Waals surface area contributed by atoms with Crippen LogP contribution < -0.4 is 5.73 Å². The Morgan fingerprint density at radius 2 is 1.76 bits per heavy atom. The van der Waals surface area contributed by atoms with Gasteiger partial charge in [0.25, 0.3) is 0 Å². The lowest BCUT2D eigenvalue weighted by molar-refractivity contribution is -0.134. The number of carbonyl (C=O) groups is 1. The molecule has 0 rings (SSSR count). The zero-order chi connectivity index (χ0) is 13.4. The molecule has 5 nitrogen and oxygen atoms in total. The van der Waals surface area contributed by atoms with E-state index in [1.54, 1.807) is 4.90 Å². The summed E-state index contributed by atoms with van der Waals surface area (Å²) in [5, 5.41) is 11.7. The normalized spacial score (nSPS) is 13.8. The highest BCUT2D eigenvalue weighted by molar-refractivity contribution is 6.02. The van der Waals surface area contributed by atoms with Gasteiger partial charge in [0.2, 0.25) is 5.91 Å². The van der Waals surface area contributed by atoms with Gasteiger partial charge < -0.3 is 15.8 Å². The maximum Gasteiger partial charge on any atom is 0.233 e. The number of rotatable bonds is 7. The first-order valence-electron chi connectivity index (χ1n) is 6.25. The van der Waals surface area contributed by atoms with Gasteiger partial charge in [-0.1, -0.05) is 32.9 Å². The van der Waals surface area contributed by atoms with E-state index < -0.39 is 5.92 Å². The van der Waals surface area contributed by atoms with Crippen molar-refractivity contribution in [3.8, 4) is 0 Å². The maximum absolute atomic E-state index is 12.3. The molecule has 0 spiro atoms. The van der Waals surface area contributed by atoms with E-state index in [1.807, 2.05) is 27.7 Å². The van der Waals surface area contributed by atoms with Gasteiger partial charge in [-0.25, -0.2) is 0 Å². The summed E-state index contributed by atoms with van der Waals surface area (Å²) < 4.78 is 0. The zero-order valence-electron chi connectivity index (χ0n) is 11.3. The second-order valence-electron chi connectivity index (χ2n) is 4.57. The van der Waals surface area contributed by atoms with E-state index >= 15 is 0 Å². The molecular formula is C12H25N3O2. The monoisotopic (exact) mass is 243 g/mol. The molecule has 0 radical (unpaired) electrons. The average Bonchev–Trinajstić information content (AvgIpc) is 2.28. The van der Waals surface area contributed by atoms with E-state index in [9.17, 15) is 4.79 Å². The topological polar surface area (TPSA) is 78.9 Å². The minimum atomic E-state index is -0.530. The lowest BCUT2D eigenvalue weighted by Crippen LogP contribution is -2.45. The van der Waals surface area contributed by atoms with Crippen LogP contribution in [0.1, 0.15) is 40.5 Å². The Morgan fingerprint density at radius 3 is 2.06 bits per heavy atom. The minimum absolute atomic E-state index is 0.00204. The Bertz CT molecular complexity index is 258. The van der Waals surface area contributed by atoms with E-state index in [0.717, 1.165) is 12.8 Å². The molecule has 0 aliphatic rings. The molecule has 0 aromatic rings. The maximum atomic E-state index is 12.3. The quantitative estimate of drug-likeness (QED) is 0.309. The molecule has 17 heavy (non-hydrogen) atoms. The molecule has 1 amide bonds. The summed E-state index contributed by atoms with van der Waals surface area (Å²) in [4.78, 5) is 14.1. The van der Waals surface area contributed by atoms with Crippen LogP contribution in [0.5, 0.6) is 0 Å². The molecule has 5 heteroatoms. The molecule has 0 aliphatic carbocycles. The first-order chi connectivity index (χ1) is 7.99. The van der Waals surface area contributed by atoms with E-state index in [-0.39, 0.29) is 17.7 Å². The molecule has 100 valence electrons. The third kappa shape index (κ3) is 4.63. The fourth-order valence-electron chi connectivity index (χ4n) is 1.88. The van der Waals surface area contributed by atoms with Crippen molar-refractivity contribution < 1.29 is 10.0 Å². The summed E-state index contributed by atoms with van der Waals surface area (Å²) in [6.07, 6.45) is 1.82. The Balaban J connectivity index is 4.90. The number of amides is 1. The lowest BCUT2D eigenvalue weighted by Gasteiger charge is -2.28. The van der Waals surface area contributed by atoms with Crippen molar-refractivity contribution in [3.05, 3.63) is 0 Å². The summed E-state index contributed by atoms with van der Waals surface area (Å²) in [5.74, 6) is -0.547. The Hall–Kier alpha value is -1.26. The second-order valence-corrected chi connectivity index (χ2v) is 4.57. The van der Waals surface area contributed by atoms with Crippen LogP contribution in [0.15, 0.2) is 5.16 Å². The molecule has 1 unspecified atom stereocenters. The van der Waals surface area contributed by atoms with Crippen LogP contribution in [0.3, 0.4) is 0 Å². The molecule has 0 heterocycles. The minimum Gasteiger partial charge on any atom is -0.409 e. The van der Waals surface area contributed by atoms with Crippen LogP contribution in [0.2, 0.25) is 0 Å². The van der Waals surface area contributed by atoms with Crippen molar-refractivity contribution in [2.24, 2.45) is 22.7 Å². The van der Waals surface area contributed by atoms with Gasteiger partial charge in [0.05, 0.1) is 0 Å². The summed E-state index contributed by atoms with van der Waals surface area (Å²) in [7, 11) is 0. The first-order valence-corrected chi connectivity index (χ1v) is 6.25. The van der Waals surface area contributed by atoms with Crippen LogP contribution in [-0.2, 0) is 4.79 Å². The third-order valence-corrected chi connectivity index (χ3v) is 2.67. The molecule has 0 saturated heterocycles. The van der Waals surface area contributed by atoms with Crippen molar-refractivity contribution in [2.75, 3.05) is 13.1 Å². The SMILES string of the molecule is CCCN(CCC)C(=O)C(/C(N)=N\O)C(C)C. The fraction of sp³-hybridized carbons (Fsp3) is 0.833. The summed E-state index contributed by atoms with van der Waals surface area (Å²) >= 11 is 0. The van der Waals surface area contributed by atoms with Gasteiger partial charge in [0, 0.05) is 13.1 Å². The van der Waals surface area contributed by atoms with E-state index in [2.05, 4.69) is 5.16 Å². The second kappa shape index (κ2) is 7.92.